The first-order chi connectivity index (χ1) is 21.3. The molecule has 4 N–H and O–H groups in total. The summed E-state index contributed by atoms with van der Waals surface area (Å²) < 4.78 is 4.89. The minimum atomic E-state index is -1.21. The van der Waals surface area contributed by atoms with Gasteiger partial charge in [-0.05, 0) is 36.5 Å². The topological polar surface area (TPSA) is 171 Å². The van der Waals surface area contributed by atoms with Crippen LogP contribution in [0.1, 0.15) is 100.0 Å². The van der Waals surface area contributed by atoms with E-state index in [0.717, 1.165) is 11.5 Å². The van der Waals surface area contributed by atoms with Crippen molar-refractivity contribution in [3.63, 3.8) is 0 Å². The Morgan fingerprint density at radius 3 is 2.02 bits per heavy atom. The van der Waals surface area contributed by atoms with Gasteiger partial charge in [0.15, 0.2) is 0 Å². The van der Waals surface area contributed by atoms with Gasteiger partial charge < -0.3 is 25.8 Å². The van der Waals surface area contributed by atoms with Gasteiger partial charge in [-0.1, -0.05) is 73.9 Å². The third-order valence-corrected chi connectivity index (χ3v) is 5.69. The first-order valence-corrected chi connectivity index (χ1v) is 15.9. The number of ether oxygens (including phenoxy) is 1. The number of unbranched alkanes of at least 4 members (excludes halogenated alkanes) is 2. The standard InChI is InChI=1S/C25H34N4O8.C4H10.2C2H6/c1-16-12-23(34)29(25(16)36)11-5-3-4-6-21(32)28-20(14-30)24(35)26-13-22(33)27-19-9-7-18(8-10-19)15-37-17(2)31;1-4(2)3;2*1-2/h7-10,16,20,30H,3-6,11-15H2,1-2H3,(H,26,35)(H,27,33)(H,28,32);4H,1-3H3;2*1-2H3. The van der Waals surface area contributed by atoms with Crippen molar-refractivity contribution in [3.05, 3.63) is 29.8 Å². The fraction of sp³-hybridized carbons (Fsp3) is 0.636. The van der Waals surface area contributed by atoms with Gasteiger partial charge >= 0.3 is 5.97 Å². The number of carbonyl (C=O) groups excluding carboxylic acids is 6. The Hall–Kier alpha value is -3.80. The van der Waals surface area contributed by atoms with Crippen molar-refractivity contribution in [2.45, 2.75) is 107 Å². The van der Waals surface area contributed by atoms with Crippen molar-refractivity contribution < 1.29 is 38.6 Å². The highest BCUT2D eigenvalue weighted by molar-refractivity contribution is 6.03. The molecule has 1 aliphatic rings. The molecule has 0 bridgehead atoms. The van der Waals surface area contributed by atoms with Crippen molar-refractivity contribution in [2.24, 2.45) is 11.8 Å². The van der Waals surface area contributed by atoms with Gasteiger partial charge in [0.05, 0.1) is 13.2 Å². The van der Waals surface area contributed by atoms with Crippen molar-refractivity contribution in [1.82, 2.24) is 15.5 Å². The molecule has 0 spiro atoms. The number of aliphatic hydroxyl groups is 1. The number of nitrogens with zero attached hydrogens (tertiary/aromatic N) is 1. The molecule has 0 saturated carbocycles. The Morgan fingerprint density at radius 2 is 1.53 bits per heavy atom. The Kier molecular flexibility index (Phi) is 24.6. The van der Waals surface area contributed by atoms with Crippen molar-refractivity contribution >= 4 is 41.2 Å². The Balaban J connectivity index is 0. The van der Waals surface area contributed by atoms with Gasteiger partial charge in [-0.3, -0.25) is 33.7 Å². The van der Waals surface area contributed by atoms with E-state index < -0.39 is 36.3 Å². The predicted molar refractivity (Wildman–Crippen MR) is 175 cm³/mol. The van der Waals surface area contributed by atoms with Crippen LogP contribution in [0.4, 0.5) is 5.69 Å². The monoisotopic (exact) mass is 636 g/mol. The molecule has 0 aliphatic carbocycles. The van der Waals surface area contributed by atoms with Gasteiger partial charge in [0.2, 0.25) is 29.5 Å². The zero-order valence-electron chi connectivity index (χ0n) is 28.7. The number of carbonyl (C=O) groups is 6. The molecule has 2 atom stereocenters. The van der Waals surface area contributed by atoms with E-state index in [4.69, 9.17) is 4.74 Å². The molecule has 45 heavy (non-hydrogen) atoms. The van der Waals surface area contributed by atoms with Crippen LogP contribution < -0.4 is 16.0 Å². The lowest BCUT2D eigenvalue weighted by atomic mass is 10.1. The minimum Gasteiger partial charge on any atom is -0.461 e. The summed E-state index contributed by atoms with van der Waals surface area (Å²) in [6.07, 6.45) is 2.01. The Bertz CT molecular complexity index is 1040. The van der Waals surface area contributed by atoms with Gasteiger partial charge in [0.1, 0.15) is 12.6 Å². The number of hydrogen-bond donors (Lipinski definition) is 4. The molecule has 1 aromatic rings. The lowest BCUT2D eigenvalue weighted by Gasteiger charge is -2.16. The molecular weight excluding hydrogens is 580 g/mol. The van der Waals surface area contributed by atoms with E-state index in [9.17, 15) is 33.9 Å². The molecule has 2 unspecified atom stereocenters. The first-order valence-electron chi connectivity index (χ1n) is 15.9. The van der Waals surface area contributed by atoms with Crippen LogP contribution in [-0.4, -0.2) is 71.2 Å². The molecule has 256 valence electrons. The lowest BCUT2D eigenvalue weighted by molar-refractivity contribution is -0.142. The Labute approximate surface area is 269 Å². The third kappa shape index (κ3) is 20.0. The SMILES string of the molecule is CC.CC.CC(=O)OCc1ccc(NC(=O)CNC(=O)C(CO)NC(=O)CCCCCN2C(=O)CC(C)C2=O)cc1.CC(C)C. The molecule has 1 aliphatic heterocycles. The van der Waals surface area contributed by atoms with Gasteiger partial charge in [0.25, 0.3) is 0 Å². The number of rotatable bonds is 14. The van der Waals surface area contributed by atoms with Gasteiger partial charge in [-0.25, -0.2) is 0 Å². The van der Waals surface area contributed by atoms with Crippen molar-refractivity contribution in [2.75, 3.05) is 25.0 Å². The molecule has 1 fully saturated rings. The molecule has 12 nitrogen and oxygen atoms in total. The second-order valence-corrected chi connectivity index (χ2v) is 10.6. The van der Waals surface area contributed by atoms with Crippen LogP contribution in [0.5, 0.6) is 0 Å². The van der Waals surface area contributed by atoms with Crippen molar-refractivity contribution in [3.8, 4) is 0 Å². The number of nitrogens with one attached hydrogen (secondary N) is 3. The Morgan fingerprint density at radius 1 is 0.956 bits per heavy atom. The maximum absolute atomic E-state index is 12.3. The number of imide groups is 1. The maximum atomic E-state index is 12.3. The molecule has 0 aromatic heterocycles. The van der Waals surface area contributed by atoms with Crippen molar-refractivity contribution in [1.29, 1.82) is 0 Å². The lowest BCUT2D eigenvalue weighted by Crippen LogP contribution is -2.50. The summed E-state index contributed by atoms with van der Waals surface area (Å²) in [5, 5.41) is 16.9. The summed E-state index contributed by atoms with van der Waals surface area (Å²) in [6.45, 7) is 17.0. The summed E-state index contributed by atoms with van der Waals surface area (Å²) in [7, 11) is 0. The van der Waals surface area contributed by atoms with Gasteiger partial charge in [0, 0.05) is 37.9 Å². The molecule has 1 aromatic carbocycles. The number of likely N-dealkylation sites (tertiary alicyclic amines) is 1. The molecule has 12 heteroatoms. The highest BCUT2D eigenvalue weighted by atomic mass is 16.5. The summed E-state index contributed by atoms with van der Waals surface area (Å²) >= 11 is 0. The number of aliphatic hydroxyl groups excluding tert-OH is 1. The van der Waals surface area contributed by atoms with E-state index in [1.165, 1.54) is 11.8 Å². The quantitative estimate of drug-likeness (QED) is 0.135. The van der Waals surface area contributed by atoms with Gasteiger partial charge in [-0.2, -0.15) is 0 Å². The van der Waals surface area contributed by atoms with E-state index in [2.05, 4.69) is 36.7 Å². The second kappa shape index (κ2) is 25.5. The largest absolute Gasteiger partial charge is 0.461 e. The molecule has 2 rings (SSSR count). The first kappa shape index (κ1) is 43.3. The van der Waals surface area contributed by atoms with E-state index in [0.29, 0.717) is 31.5 Å². The van der Waals surface area contributed by atoms with E-state index in [-0.39, 0.29) is 43.7 Å². The smallest absolute Gasteiger partial charge is 0.302 e. The predicted octanol–water partition coefficient (Wildman–Crippen LogP) is 3.95. The van der Waals surface area contributed by atoms with Crippen LogP contribution in [0.2, 0.25) is 0 Å². The summed E-state index contributed by atoms with van der Waals surface area (Å²) in [4.78, 5) is 72.3. The molecule has 0 radical (unpaired) electrons. The zero-order chi connectivity index (χ0) is 34.9. The van der Waals surface area contributed by atoms with Crippen LogP contribution in [0.15, 0.2) is 24.3 Å². The molecule has 5 amide bonds. The maximum Gasteiger partial charge on any atom is 0.302 e. The number of esters is 1. The van der Waals surface area contributed by atoms with Crippen LogP contribution in [0, 0.1) is 11.8 Å². The fourth-order valence-electron chi connectivity index (χ4n) is 3.64. The van der Waals surface area contributed by atoms with Crippen LogP contribution in [0.3, 0.4) is 0 Å². The van der Waals surface area contributed by atoms with E-state index in [1.54, 1.807) is 31.2 Å². The molecule has 1 saturated heterocycles. The summed E-state index contributed by atoms with van der Waals surface area (Å²) in [6, 6.07) is 5.40. The minimum absolute atomic E-state index is 0.107. The van der Waals surface area contributed by atoms with Crippen LogP contribution in [0.25, 0.3) is 0 Å². The highest BCUT2D eigenvalue weighted by Crippen LogP contribution is 2.19. The molecular formula is C33H56N4O8. The summed E-state index contributed by atoms with van der Waals surface area (Å²) in [5.41, 5.74) is 1.22. The van der Waals surface area contributed by atoms with E-state index in [1.807, 2.05) is 27.7 Å². The average Bonchev–Trinajstić information content (AvgIpc) is 3.25. The number of benzene rings is 1. The third-order valence-electron chi connectivity index (χ3n) is 5.69. The number of hydrogen-bond acceptors (Lipinski definition) is 8. The van der Waals surface area contributed by atoms with Crippen LogP contribution >= 0.6 is 0 Å². The number of amides is 5. The normalized spacial score (nSPS) is 14.0. The fourth-order valence-corrected chi connectivity index (χ4v) is 3.64. The average molecular weight is 637 g/mol. The van der Waals surface area contributed by atoms with E-state index >= 15 is 0 Å². The summed E-state index contributed by atoms with van der Waals surface area (Å²) in [5.74, 6) is -1.83. The van der Waals surface area contributed by atoms with Gasteiger partial charge in [-0.15, -0.1) is 0 Å². The second-order valence-electron chi connectivity index (χ2n) is 10.6. The highest BCUT2D eigenvalue weighted by Gasteiger charge is 2.34. The number of anilines is 1. The van der Waals surface area contributed by atoms with Crippen LogP contribution in [-0.2, 0) is 40.1 Å². The molecule has 1 heterocycles. The zero-order valence-corrected chi connectivity index (χ0v) is 28.7.